The Labute approximate surface area is 211 Å². The van der Waals surface area contributed by atoms with Crippen LogP contribution in [0, 0.1) is 10.1 Å². The summed E-state index contributed by atoms with van der Waals surface area (Å²) in [5.41, 5.74) is -0.145. The van der Waals surface area contributed by atoms with Crippen molar-refractivity contribution in [3.8, 4) is 0 Å². The Morgan fingerprint density at radius 3 is 2.00 bits per heavy atom. The topological polar surface area (TPSA) is 131 Å². The summed E-state index contributed by atoms with van der Waals surface area (Å²) in [5, 5.41) is 29.5. The van der Waals surface area contributed by atoms with Gasteiger partial charge in [0, 0.05) is 28.6 Å². The van der Waals surface area contributed by atoms with Crippen LogP contribution in [0.15, 0.2) is 40.7 Å². The van der Waals surface area contributed by atoms with Crippen LogP contribution in [-0.2, 0) is 29.8 Å². The van der Waals surface area contributed by atoms with E-state index >= 15 is 0 Å². The van der Waals surface area contributed by atoms with Crippen LogP contribution in [0.25, 0.3) is 0 Å². The number of ether oxygens (including phenoxy) is 2. The Kier molecular flexibility index (Phi) is 7.61. The molecule has 1 radical (unpaired) electrons. The van der Waals surface area contributed by atoms with Crippen molar-refractivity contribution in [2.45, 2.75) is 78.3 Å². The molecule has 0 aliphatic carbocycles. The Balaban J connectivity index is 2.26. The fraction of sp³-hybridized carbons (Fsp3) is 0.538. The van der Waals surface area contributed by atoms with Crippen molar-refractivity contribution in [3.63, 3.8) is 0 Å². The van der Waals surface area contributed by atoms with Crippen LogP contribution < -0.4 is 5.32 Å². The molecule has 1 aromatic rings. The molecule has 2 aliphatic heterocycles. The van der Waals surface area contributed by atoms with Gasteiger partial charge in [-0.15, -0.1) is 10.3 Å². The third kappa shape index (κ3) is 4.62. The zero-order chi connectivity index (χ0) is 27.0. The highest BCUT2D eigenvalue weighted by molar-refractivity contribution is 6.00. The molecule has 3 rings (SSSR count). The van der Waals surface area contributed by atoms with E-state index in [1.807, 2.05) is 13.8 Å². The molecule has 195 valence electrons. The number of hydrogen-bond acceptors (Lipinski definition) is 8. The lowest BCUT2D eigenvalue weighted by Crippen LogP contribution is -2.44. The maximum absolute atomic E-state index is 13.1. The van der Waals surface area contributed by atoms with E-state index in [1.54, 1.807) is 40.7 Å². The highest BCUT2D eigenvalue weighted by atomic mass is 16.6. The molecule has 0 bridgehead atoms. The minimum atomic E-state index is -1.09. The second-order valence-corrected chi connectivity index (χ2v) is 9.99. The first-order chi connectivity index (χ1) is 16.8. The van der Waals surface area contributed by atoms with E-state index in [4.69, 9.17) is 9.47 Å². The molecule has 1 N–H and O–H groups in total. The number of carbonyl (C=O) groups is 2. The second kappa shape index (κ2) is 10.0. The number of nitro groups is 1. The Hall–Kier alpha value is -3.24. The number of carbonyl (C=O) groups excluding carboxylic acids is 2. The SMILES string of the molecule is CCOC(=O)C1=C(C)NC(C)=C(C(=O)OCC)C1c1ccc(C2(C)CCC(C)(C)N2[O])cc1[N+](=O)[O-]. The van der Waals surface area contributed by atoms with Crippen molar-refractivity contribution < 1.29 is 29.2 Å². The lowest BCUT2D eigenvalue weighted by Gasteiger charge is -2.35. The number of allylic oxidation sites excluding steroid dienone is 2. The van der Waals surface area contributed by atoms with Gasteiger partial charge in [-0.1, -0.05) is 12.1 Å². The van der Waals surface area contributed by atoms with Crippen molar-refractivity contribution in [1.29, 1.82) is 0 Å². The summed E-state index contributed by atoms with van der Waals surface area (Å²) >= 11 is 0. The van der Waals surface area contributed by atoms with Crippen molar-refractivity contribution in [3.05, 3.63) is 62.0 Å². The molecule has 1 saturated heterocycles. The van der Waals surface area contributed by atoms with Crippen LogP contribution in [0.1, 0.15) is 78.4 Å². The van der Waals surface area contributed by atoms with Gasteiger partial charge in [0.25, 0.3) is 5.69 Å². The molecule has 0 amide bonds. The normalized spacial score (nSPS) is 22.4. The number of nitro benzene ring substituents is 1. The average molecular weight is 501 g/mol. The van der Waals surface area contributed by atoms with Crippen LogP contribution in [0.3, 0.4) is 0 Å². The van der Waals surface area contributed by atoms with E-state index in [2.05, 4.69) is 5.32 Å². The quantitative estimate of drug-likeness (QED) is 0.331. The molecule has 1 fully saturated rings. The number of benzene rings is 1. The van der Waals surface area contributed by atoms with E-state index in [0.717, 1.165) is 5.06 Å². The number of hydrogen-bond donors (Lipinski definition) is 1. The van der Waals surface area contributed by atoms with Crippen LogP contribution in [-0.4, -0.2) is 40.7 Å². The molecular formula is C26H34N3O7. The highest BCUT2D eigenvalue weighted by Crippen LogP contribution is 2.48. The molecule has 2 heterocycles. The Bertz CT molecular complexity index is 1110. The molecule has 1 atom stereocenters. The fourth-order valence-electron chi connectivity index (χ4n) is 5.23. The van der Waals surface area contributed by atoms with Gasteiger partial charge in [0.15, 0.2) is 0 Å². The standard InChI is InChI=1S/C26H34N3O7/c1-8-35-23(30)20-15(3)27-16(4)21(24(31)36-9-2)22(20)18-11-10-17(14-19(18)28(32)33)26(7)13-12-25(5,6)29(26)34/h10-11,14,22,27H,8-9,12-13H2,1-7H3. The van der Waals surface area contributed by atoms with Crippen molar-refractivity contribution in [2.75, 3.05) is 13.2 Å². The molecular weight excluding hydrogens is 466 g/mol. The summed E-state index contributed by atoms with van der Waals surface area (Å²) in [6.07, 6.45) is 1.17. The first-order valence-electron chi connectivity index (χ1n) is 12.1. The van der Waals surface area contributed by atoms with Gasteiger partial charge in [0.05, 0.1) is 40.7 Å². The van der Waals surface area contributed by atoms with E-state index in [0.29, 0.717) is 29.8 Å². The van der Waals surface area contributed by atoms with Crippen LogP contribution in [0.4, 0.5) is 5.69 Å². The minimum Gasteiger partial charge on any atom is -0.463 e. The largest absolute Gasteiger partial charge is 0.463 e. The smallest absolute Gasteiger partial charge is 0.336 e. The first kappa shape index (κ1) is 27.3. The number of nitrogens with one attached hydrogen (secondary N) is 1. The van der Waals surface area contributed by atoms with Gasteiger partial charge in [-0.05, 0) is 66.9 Å². The van der Waals surface area contributed by atoms with Gasteiger partial charge in [0.1, 0.15) is 0 Å². The average Bonchev–Trinajstić information content (AvgIpc) is 3.02. The predicted molar refractivity (Wildman–Crippen MR) is 131 cm³/mol. The molecule has 1 aromatic carbocycles. The highest BCUT2D eigenvalue weighted by Gasteiger charge is 2.50. The number of dihydropyridines is 1. The van der Waals surface area contributed by atoms with Gasteiger partial charge >= 0.3 is 11.9 Å². The minimum absolute atomic E-state index is 0.0915. The number of hydroxylamine groups is 2. The lowest BCUT2D eigenvalue weighted by molar-refractivity contribution is -0.385. The van der Waals surface area contributed by atoms with Crippen LogP contribution in [0.5, 0.6) is 0 Å². The summed E-state index contributed by atoms with van der Waals surface area (Å²) in [6.45, 7) is 12.3. The van der Waals surface area contributed by atoms with E-state index in [1.165, 1.54) is 12.1 Å². The fourth-order valence-corrected chi connectivity index (χ4v) is 5.23. The number of esters is 2. The third-order valence-electron chi connectivity index (χ3n) is 7.13. The third-order valence-corrected chi connectivity index (χ3v) is 7.13. The van der Waals surface area contributed by atoms with Crippen molar-refractivity contribution in [2.24, 2.45) is 0 Å². The van der Waals surface area contributed by atoms with Gasteiger partial charge in [-0.2, -0.15) is 0 Å². The molecule has 1 unspecified atom stereocenters. The maximum atomic E-state index is 13.1. The van der Waals surface area contributed by atoms with Crippen LogP contribution in [0.2, 0.25) is 0 Å². The summed E-state index contributed by atoms with van der Waals surface area (Å²) in [6, 6.07) is 4.60. The summed E-state index contributed by atoms with van der Waals surface area (Å²) in [4.78, 5) is 37.9. The van der Waals surface area contributed by atoms with Crippen molar-refractivity contribution >= 4 is 17.6 Å². The summed E-state index contributed by atoms with van der Waals surface area (Å²) in [5.74, 6) is -2.46. The molecule has 10 nitrogen and oxygen atoms in total. The van der Waals surface area contributed by atoms with Gasteiger partial charge in [-0.25, -0.2) is 9.59 Å². The first-order valence-corrected chi connectivity index (χ1v) is 12.1. The zero-order valence-electron chi connectivity index (χ0n) is 21.9. The predicted octanol–water partition coefficient (Wildman–Crippen LogP) is 4.39. The van der Waals surface area contributed by atoms with Gasteiger partial charge in [0.2, 0.25) is 0 Å². The van der Waals surface area contributed by atoms with Gasteiger partial charge in [-0.3, -0.25) is 10.1 Å². The molecule has 0 saturated carbocycles. The van der Waals surface area contributed by atoms with Gasteiger partial charge < -0.3 is 14.8 Å². The molecule has 0 spiro atoms. The molecule has 2 aliphatic rings. The lowest BCUT2D eigenvalue weighted by atomic mass is 9.78. The molecule has 0 aromatic heterocycles. The van der Waals surface area contributed by atoms with E-state index < -0.39 is 33.9 Å². The number of nitrogens with zero attached hydrogens (tertiary/aromatic N) is 2. The number of rotatable bonds is 7. The van der Waals surface area contributed by atoms with Crippen molar-refractivity contribution in [1.82, 2.24) is 10.4 Å². The maximum Gasteiger partial charge on any atom is 0.336 e. The van der Waals surface area contributed by atoms with E-state index in [-0.39, 0.29) is 35.6 Å². The van der Waals surface area contributed by atoms with Crippen LogP contribution >= 0.6 is 0 Å². The monoisotopic (exact) mass is 500 g/mol. The Morgan fingerprint density at radius 2 is 1.58 bits per heavy atom. The second-order valence-electron chi connectivity index (χ2n) is 9.99. The summed E-state index contributed by atoms with van der Waals surface area (Å²) in [7, 11) is 0. The van der Waals surface area contributed by atoms with E-state index in [9.17, 15) is 24.9 Å². The molecule has 10 heteroatoms. The zero-order valence-corrected chi connectivity index (χ0v) is 21.9. The summed E-state index contributed by atoms with van der Waals surface area (Å²) < 4.78 is 10.5. The molecule has 36 heavy (non-hydrogen) atoms. The Morgan fingerprint density at radius 1 is 1.06 bits per heavy atom.